The lowest BCUT2D eigenvalue weighted by Crippen LogP contribution is -2.31. The van der Waals surface area contributed by atoms with Gasteiger partial charge in [0.25, 0.3) is 0 Å². The summed E-state index contributed by atoms with van der Waals surface area (Å²) < 4.78 is 10.1. The molecule has 0 aliphatic heterocycles. The van der Waals surface area contributed by atoms with Crippen LogP contribution in [0.1, 0.15) is 32.0 Å². The van der Waals surface area contributed by atoms with Crippen molar-refractivity contribution in [2.75, 3.05) is 21.3 Å². The number of ether oxygens (including phenoxy) is 2. The van der Waals surface area contributed by atoms with Crippen molar-refractivity contribution in [1.82, 2.24) is 20.3 Å². The summed E-state index contributed by atoms with van der Waals surface area (Å²) in [5.74, 6) is 0.839. The standard InChI is InChI=1S/C11H20N4O2/c1-6-8(12-3)7(2)9-13-10(16-4)15-11(14-9)17-5/h7-8,12H,6H2,1-5H3. The first-order chi connectivity index (χ1) is 8.15. The van der Waals surface area contributed by atoms with Crippen LogP contribution >= 0.6 is 0 Å². The fourth-order valence-corrected chi connectivity index (χ4v) is 1.73. The number of hydrogen-bond donors (Lipinski definition) is 1. The fourth-order valence-electron chi connectivity index (χ4n) is 1.73. The molecule has 0 aliphatic carbocycles. The summed E-state index contributed by atoms with van der Waals surface area (Å²) in [5.41, 5.74) is 0. The van der Waals surface area contributed by atoms with Gasteiger partial charge in [-0.05, 0) is 13.5 Å². The molecule has 0 bridgehead atoms. The van der Waals surface area contributed by atoms with Gasteiger partial charge in [0.1, 0.15) is 5.82 Å². The van der Waals surface area contributed by atoms with E-state index >= 15 is 0 Å². The Morgan fingerprint density at radius 3 is 2.00 bits per heavy atom. The second kappa shape index (κ2) is 6.34. The lowest BCUT2D eigenvalue weighted by atomic mass is 9.99. The monoisotopic (exact) mass is 240 g/mol. The van der Waals surface area contributed by atoms with E-state index < -0.39 is 0 Å². The molecule has 1 aromatic rings. The zero-order chi connectivity index (χ0) is 12.8. The van der Waals surface area contributed by atoms with Gasteiger partial charge in [0.05, 0.1) is 14.2 Å². The maximum Gasteiger partial charge on any atom is 0.322 e. The van der Waals surface area contributed by atoms with Gasteiger partial charge in [0.15, 0.2) is 0 Å². The van der Waals surface area contributed by atoms with Crippen molar-refractivity contribution in [2.45, 2.75) is 32.2 Å². The average Bonchev–Trinajstić information content (AvgIpc) is 2.39. The zero-order valence-electron chi connectivity index (χ0n) is 11.0. The van der Waals surface area contributed by atoms with Crippen LogP contribution in [0.5, 0.6) is 12.0 Å². The minimum atomic E-state index is 0.163. The third-order valence-electron chi connectivity index (χ3n) is 2.80. The first kappa shape index (κ1) is 13.6. The number of nitrogens with one attached hydrogen (secondary N) is 1. The molecular formula is C11H20N4O2. The Morgan fingerprint density at radius 2 is 1.65 bits per heavy atom. The Labute approximate surface area is 102 Å². The molecule has 0 aromatic carbocycles. The van der Waals surface area contributed by atoms with Crippen LogP contribution in [0.15, 0.2) is 0 Å². The van der Waals surface area contributed by atoms with Gasteiger partial charge in [-0.3, -0.25) is 0 Å². The molecule has 17 heavy (non-hydrogen) atoms. The quantitative estimate of drug-likeness (QED) is 0.799. The summed E-state index contributed by atoms with van der Waals surface area (Å²) in [6.07, 6.45) is 0.994. The largest absolute Gasteiger partial charge is 0.467 e. The fraction of sp³-hybridized carbons (Fsp3) is 0.727. The second-order valence-corrected chi connectivity index (χ2v) is 3.76. The second-order valence-electron chi connectivity index (χ2n) is 3.76. The van der Waals surface area contributed by atoms with Gasteiger partial charge < -0.3 is 14.8 Å². The van der Waals surface area contributed by atoms with Crippen molar-refractivity contribution >= 4 is 0 Å². The highest BCUT2D eigenvalue weighted by atomic mass is 16.5. The Morgan fingerprint density at radius 1 is 1.12 bits per heavy atom. The molecule has 2 atom stereocenters. The molecule has 0 spiro atoms. The van der Waals surface area contributed by atoms with Crippen LogP contribution in [0.25, 0.3) is 0 Å². The molecule has 6 heteroatoms. The van der Waals surface area contributed by atoms with Gasteiger partial charge in [-0.2, -0.15) is 9.97 Å². The summed E-state index contributed by atoms with van der Waals surface area (Å²) in [7, 11) is 4.98. The van der Waals surface area contributed by atoms with E-state index in [0.717, 1.165) is 6.42 Å². The lowest BCUT2D eigenvalue weighted by molar-refractivity contribution is 0.330. The van der Waals surface area contributed by atoms with Crippen molar-refractivity contribution in [2.24, 2.45) is 0 Å². The summed E-state index contributed by atoms with van der Waals surface area (Å²) in [6, 6.07) is 0.876. The number of rotatable bonds is 6. The summed E-state index contributed by atoms with van der Waals surface area (Å²) >= 11 is 0. The molecule has 1 N–H and O–H groups in total. The zero-order valence-corrected chi connectivity index (χ0v) is 11.0. The molecule has 0 radical (unpaired) electrons. The predicted octanol–water partition coefficient (Wildman–Crippen LogP) is 0.990. The number of hydrogen-bond acceptors (Lipinski definition) is 6. The minimum Gasteiger partial charge on any atom is -0.467 e. The van der Waals surface area contributed by atoms with Gasteiger partial charge >= 0.3 is 12.0 Å². The lowest BCUT2D eigenvalue weighted by Gasteiger charge is -2.21. The normalized spacial score (nSPS) is 14.2. The molecule has 1 aromatic heterocycles. The van der Waals surface area contributed by atoms with Crippen LogP contribution in [-0.2, 0) is 0 Å². The maximum absolute atomic E-state index is 5.03. The van der Waals surface area contributed by atoms with Crippen molar-refractivity contribution in [1.29, 1.82) is 0 Å². The molecular weight excluding hydrogens is 220 g/mol. The van der Waals surface area contributed by atoms with Gasteiger partial charge in [-0.15, -0.1) is 4.98 Å². The smallest absolute Gasteiger partial charge is 0.322 e. The summed E-state index contributed by atoms with van der Waals surface area (Å²) in [5, 5.41) is 3.24. The van der Waals surface area contributed by atoms with E-state index in [1.807, 2.05) is 7.05 Å². The Kier molecular flexibility index (Phi) is 5.09. The van der Waals surface area contributed by atoms with E-state index in [4.69, 9.17) is 9.47 Å². The van der Waals surface area contributed by atoms with Crippen LogP contribution in [-0.4, -0.2) is 42.3 Å². The van der Waals surface area contributed by atoms with Gasteiger partial charge in [-0.1, -0.05) is 13.8 Å². The molecule has 1 rings (SSSR count). The van der Waals surface area contributed by atoms with Gasteiger partial charge in [0.2, 0.25) is 0 Å². The number of nitrogens with zero attached hydrogens (tertiary/aromatic N) is 3. The molecule has 6 nitrogen and oxygen atoms in total. The van der Waals surface area contributed by atoms with Crippen LogP contribution in [0.2, 0.25) is 0 Å². The summed E-state index contributed by atoms with van der Waals surface area (Å²) in [4.78, 5) is 12.5. The van der Waals surface area contributed by atoms with Crippen LogP contribution < -0.4 is 14.8 Å². The average molecular weight is 240 g/mol. The minimum absolute atomic E-state index is 0.163. The molecule has 2 unspecified atom stereocenters. The first-order valence-corrected chi connectivity index (χ1v) is 5.67. The summed E-state index contributed by atoms with van der Waals surface area (Å²) in [6.45, 7) is 4.19. The molecule has 1 heterocycles. The molecule has 0 saturated carbocycles. The van der Waals surface area contributed by atoms with E-state index in [1.54, 1.807) is 0 Å². The SMILES string of the molecule is CCC(NC)C(C)c1nc(OC)nc(OC)n1. The molecule has 0 amide bonds. The molecule has 0 fully saturated rings. The van der Waals surface area contributed by atoms with E-state index in [1.165, 1.54) is 14.2 Å². The van der Waals surface area contributed by atoms with Crippen molar-refractivity contribution in [3.63, 3.8) is 0 Å². The van der Waals surface area contributed by atoms with Gasteiger partial charge in [-0.25, -0.2) is 0 Å². The van der Waals surface area contributed by atoms with E-state index in [0.29, 0.717) is 11.9 Å². The van der Waals surface area contributed by atoms with Crippen molar-refractivity contribution < 1.29 is 9.47 Å². The molecule has 0 saturated heterocycles. The van der Waals surface area contributed by atoms with E-state index in [-0.39, 0.29) is 17.9 Å². The van der Waals surface area contributed by atoms with E-state index in [9.17, 15) is 0 Å². The van der Waals surface area contributed by atoms with Crippen molar-refractivity contribution in [3.05, 3.63) is 5.82 Å². The molecule has 0 aliphatic rings. The Hall–Kier alpha value is -1.43. The predicted molar refractivity (Wildman–Crippen MR) is 64.5 cm³/mol. The first-order valence-electron chi connectivity index (χ1n) is 5.67. The third-order valence-corrected chi connectivity index (χ3v) is 2.80. The number of aromatic nitrogens is 3. The van der Waals surface area contributed by atoms with Crippen LogP contribution in [0.4, 0.5) is 0 Å². The highest BCUT2D eigenvalue weighted by molar-refractivity contribution is 5.09. The highest BCUT2D eigenvalue weighted by Gasteiger charge is 2.20. The maximum atomic E-state index is 5.03. The number of likely N-dealkylation sites (N-methyl/N-ethyl adjacent to an activating group) is 1. The highest BCUT2D eigenvalue weighted by Crippen LogP contribution is 2.20. The van der Waals surface area contributed by atoms with E-state index in [2.05, 4.69) is 34.1 Å². The van der Waals surface area contributed by atoms with Gasteiger partial charge in [0, 0.05) is 12.0 Å². The van der Waals surface area contributed by atoms with Crippen molar-refractivity contribution in [3.8, 4) is 12.0 Å². The number of methoxy groups -OCH3 is 2. The Bertz CT molecular complexity index is 333. The topological polar surface area (TPSA) is 69.2 Å². The third kappa shape index (κ3) is 3.26. The van der Waals surface area contributed by atoms with Crippen LogP contribution in [0, 0.1) is 0 Å². The Balaban J connectivity index is 3.02. The van der Waals surface area contributed by atoms with Crippen LogP contribution in [0.3, 0.4) is 0 Å². The molecule has 96 valence electrons.